The van der Waals surface area contributed by atoms with Crippen molar-refractivity contribution in [3.8, 4) is 0 Å². The van der Waals surface area contributed by atoms with E-state index in [1.54, 1.807) is 0 Å². The number of aryl methyl sites for hydroxylation is 1. The van der Waals surface area contributed by atoms with E-state index in [1.165, 1.54) is 11.1 Å². The Labute approximate surface area is 131 Å². The first-order valence-corrected chi connectivity index (χ1v) is 8.04. The number of nitrogens with two attached hydrogens (primary N) is 1. The smallest absolute Gasteiger partial charge is 0.220 e. The van der Waals surface area contributed by atoms with Crippen LogP contribution in [0.15, 0.2) is 18.2 Å². The molecule has 0 aliphatic heterocycles. The first-order chi connectivity index (χ1) is 10.6. The van der Waals surface area contributed by atoms with Gasteiger partial charge in [0.1, 0.15) is 0 Å². The Morgan fingerprint density at radius 1 is 1.27 bits per heavy atom. The predicted octanol–water partition coefficient (Wildman–Crippen LogP) is 2.07. The normalized spacial score (nSPS) is 16.7. The van der Waals surface area contributed by atoms with Crippen LogP contribution in [0.1, 0.15) is 56.2 Å². The van der Waals surface area contributed by atoms with Crippen LogP contribution in [-0.2, 0) is 16.0 Å². The highest BCUT2D eigenvalue weighted by Gasteiger charge is 2.21. The largest absolute Gasteiger partial charge is 0.399 e. The zero-order chi connectivity index (χ0) is 15.9. The van der Waals surface area contributed by atoms with Gasteiger partial charge in [0.2, 0.25) is 11.8 Å². The van der Waals surface area contributed by atoms with Crippen molar-refractivity contribution in [2.75, 3.05) is 12.3 Å². The van der Waals surface area contributed by atoms with Crippen molar-refractivity contribution in [2.45, 2.75) is 51.5 Å². The lowest BCUT2D eigenvalue weighted by Crippen LogP contribution is -2.31. The zero-order valence-corrected chi connectivity index (χ0v) is 13.2. The van der Waals surface area contributed by atoms with E-state index in [0.29, 0.717) is 25.8 Å². The van der Waals surface area contributed by atoms with Crippen molar-refractivity contribution < 1.29 is 9.59 Å². The minimum absolute atomic E-state index is 0.00814. The molecule has 1 aromatic carbocycles. The van der Waals surface area contributed by atoms with E-state index in [9.17, 15) is 9.59 Å². The molecular weight excluding hydrogens is 278 g/mol. The fourth-order valence-electron chi connectivity index (χ4n) is 2.95. The summed E-state index contributed by atoms with van der Waals surface area (Å²) in [6, 6.07) is 5.98. The van der Waals surface area contributed by atoms with Gasteiger partial charge in [-0.05, 0) is 55.9 Å². The van der Waals surface area contributed by atoms with Crippen molar-refractivity contribution in [3.05, 3.63) is 29.3 Å². The van der Waals surface area contributed by atoms with Gasteiger partial charge in [-0.15, -0.1) is 0 Å². The average Bonchev–Trinajstić information content (AvgIpc) is 2.47. The van der Waals surface area contributed by atoms with Crippen LogP contribution in [-0.4, -0.2) is 18.4 Å². The van der Waals surface area contributed by atoms with Crippen LogP contribution in [0, 0.1) is 0 Å². The molecule has 22 heavy (non-hydrogen) atoms. The number of anilines is 1. The molecule has 1 aliphatic rings. The highest BCUT2D eigenvalue weighted by Crippen LogP contribution is 2.31. The molecular formula is C17H25N3O2. The summed E-state index contributed by atoms with van der Waals surface area (Å²) in [6.45, 7) is 2.52. The number of fused-ring (bicyclic) bond motifs is 1. The molecule has 5 nitrogen and oxygen atoms in total. The van der Waals surface area contributed by atoms with Crippen LogP contribution in [0.25, 0.3) is 0 Å². The average molecular weight is 303 g/mol. The second-order valence-corrected chi connectivity index (χ2v) is 5.78. The number of benzene rings is 1. The minimum Gasteiger partial charge on any atom is -0.399 e. The van der Waals surface area contributed by atoms with E-state index in [-0.39, 0.29) is 17.9 Å². The maximum absolute atomic E-state index is 12.1. The number of carbonyl (C=O) groups is 2. The van der Waals surface area contributed by atoms with Gasteiger partial charge in [0, 0.05) is 25.1 Å². The lowest BCUT2D eigenvalue weighted by Gasteiger charge is -2.26. The summed E-state index contributed by atoms with van der Waals surface area (Å²) in [6.07, 6.45) is 4.40. The van der Waals surface area contributed by atoms with Crippen LogP contribution in [0.2, 0.25) is 0 Å². The first kappa shape index (κ1) is 16.3. The van der Waals surface area contributed by atoms with E-state index in [4.69, 9.17) is 5.73 Å². The fourth-order valence-corrected chi connectivity index (χ4v) is 2.95. The van der Waals surface area contributed by atoms with E-state index in [0.717, 1.165) is 24.9 Å². The Bertz CT molecular complexity index is 543. The molecule has 0 spiro atoms. The number of hydrogen-bond donors (Lipinski definition) is 3. The summed E-state index contributed by atoms with van der Waals surface area (Å²) in [5, 5.41) is 5.83. The summed E-state index contributed by atoms with van der Waals surface area (Å²) < 4.78 is 0. The highest BCUT2D eigenvalue weighted by molar-refractivity contribution is 5.79. The van der Waals surface area contributed by atoms with Crippen LogP contribution >= 0.6 is 0 Å². The summed E-state index contributed by atoms with van der Waals surface area (Å²) in [5.41, 5.74) is 9.01. The Morgan fingerprint density at radius 2 is 2.05 bits per heavy atom. The molecule has 120 valence electrons. The highest BCUT2D eigenvalue weighted by atomic mass is 16.2. The van der Waals surface area contributed by atoms with Gasteiger partial charge in [0.15, 0.2) is 0 Å². The maximum atomic E-state index is 12.1. The number of hydrogen-bond acceptors (Lipinski definition) is 3. The third-order valence-corrected chi connectivity index (χ3v) is 4.00. The molecule has 5 heteroatoms. The van der Waals surface area contributed by atoms with Gasteiger partial charge in [0.25, 0.3) is 0 Å². The van der Waals surface area contributed by atoms with Gasteiger partial charge >= 0.3 is 0 Å². The fraction of sp³-hybridized carbons (Fsp3) is 0.529. The van der Waals surface area contributed by atoms with Crippen molar-refractivity contribution in [3.63, 3.8) is 0 Å². The Kier molecular flexibility index (Phi) is 5.81. The van der Waals surface area contributed by atoms with Crippen molar-refractivity contribution in [1.82, 2.24) is 10.6 Å². The van der Waals surface area contributed by atoms with Crippen LogP contribution in [0.5, 0.6) is 0 Å². The second kappa shape index (κ2) is 7.82. The summed E-state index contributed by atoms with van der Waals surface area (Å²) in [4.78, 5) is 23.4. The maximum Gasteiger partial charge on any atom is 0.220 e. The molecule has 1 unspecified atom stereocenters. The van der Waals surface area contributed by atoms with Gasteiger partial charge in [0.05, 0.1) is 6.04 Å². The molecule has 0 bridgehead atoms. The molecule has 0 radical (unpaired) electrons. The number of rotatable bonds is 6. The van der Waals surface area contributed by atoms with Crippen molar-refractivity contribution in [2.24, 2.45) is 0 Å². The van der Waals surface area contributed by atoms with E-state index in [2.05, 4.69) is 10.6 Å². The third kappa shape index (κ3) is 4.48. The number of nitrogen functional groups attached to an aromatic ring is 1. The van der Waals surface area contributed by atoms with Crippen LogP contribution in [0.4, 0.5) is 5.69 Å². The minimum atomic E-state index is 0.00814. The molecule has 0 saturated heterocycles. The molecule has 0 fully saturated rings. The second-order valence-electron chi connectivity index (χ2n) is 5.78. The Balaban J connectivity index is 1.84. The van der Waals surface area contributed by atoms with E-state index in [1.807, 2.05) is 25.1 Å². The topological polar surface area (TPSA) is 84.2 Å². The van der Waals surface area contributed by atoms with Crippen molar-refractivity contribution >= 4 is 17.5 Å². The first-order valence-electron chi connectivity index (χ1n) is 8.04. The Hall–Kier alpha value is -2.04. The monoisotopic (exact) mass is 303 g/mol. The quantitative estimate of drug-likeness (QED) is 0.703. The number of amides is 2. The molecule has 0 aromatic heterocycles. The van der Waals surface area contributed by atoms with Crippen LogP contribution < -0.4 is 16.4 Å². The number of nitrogens with one attached hydrogen (secondary N) is 2. The Morgan fingerprint density at radius 3 is 2.82 bits per heavy atom. The molecule has 1 atom stereocenters. The molecule has 2 amide bonds. The van der Waals surface area contributed by atoms with E-state index < -0.39 is 0 Å². The van der Waals surface area contributed by atoms with Gasteiger partial charge in [-0.2, -0.15) is 0 Å². The SMILES string of the molecule is CCNC(=O)CCCC(=O)NC1CCCc2cc(N)ccc21. The van der Waals surface area contributed by atoms with Crippen molar-refractivity contribution in [1.29, 1.82) is 0 Å². The molecule has 2 rings (SSSR count). The third-order valence-electron chi connectivity index (χ3n) is 4.00. The van der Waals surface area contributed by atoms with E-state index >= 15 is 0 Å². The summed E-state index contributed by atoms with van der Waals surface area (Å²) in [7, 11) is 0. The van der Waals surface area contributed by atoms with Gasteiger partial charge in [-0.25, -0.2) is 0 Å². The lowest BCUT2D eigenvalue weighted by molar-refractivity contribution is -0.122. The molecule has 0 heterocycles. The summed E-state index contributed by atoms with van der Waals surface area (Å²) in [5.74, 6) is 0.0211. The van der Waals surface area contributed by atoms with Crippen LogP contribution in [0.3, 0.4) is 0 Å². The summed E-state index contributed by atoms with van der Waals surface area (Å²) >= 11 is 0. The molecule has 4 N–H and O–H groups in total. The number of carbonyl (C=O) groups excluding carboxylic acids is 2. The van der Waals surface area contributed by atoms with Gasteiger partial charge < -0.3 is 16.4 Å². The van der Waals surface area contributed by atoms with Gasteiger partial charge in [-0.3, -0.25) is 9.59 Å². The predicted molar refractivity (Wildman–Crippen MR) is 87.2 cm³/mol. The zero-order valence-electron chi connectivity index (χ0n) is 13.2. The standard InChI is InChI=1S/C17H25N3O2/c1-2-19-16(21)7-4-8-17(22)20-15-6-3-5-12-11-13(18)9-10-14(12)15/h9-11,15H,2-8,18H2,1H3,(H,19,21)(H,20,22). The molecule has 1 aliphatic carbocycles. The van der Waals surface area contributed by atoms with Gasteiger partial charge in [-0.1, -0.05) is 6.07 Å². The molecule has 0 saturated carbocycles. The lowest BCUT2D eigenvalue weighted by atomic mass is 9.87. The molecule has 1 aromatic rings.